The van der Waals surface area contributed by atoms with E-state index in [0.717, 1.165) is 45.2 Å². The van der Waals surface area contributed by atoms with Crippen molar-refractivity contribution in [3.8, 4) is 0 Å². The summed E-state index contributed by atoms with van der Waals surface area (Å²) in [7, 11) is 1.87. The van der Waals surface area contributed by atoms with Gasteiger partial charge in [0, 0.05) is 38.1 Å². The molecule has 6 atom stereocenters. The van der Waals surface area contributed by atoms with Crippen molar-refractivity contribution in [1.29, 1.82) is 0 Å². The van der Waals surface area contributed by atoms with Crippen LogP contribution in [0.2, 0.25) is 0 Å². The lowest BCUT2D eigenvalue weighted by molar-refractivity contribution is -0.170. The summed E-state index contributed by atoms with van der Waals surface area (Å²) >= 11 is 0. The summed E-state index contributed by atoms with van der Waals surface area (Å²) in [6, 6.07) is 10.6. The number of ether oxygens (including phenoxy) is 3. The molecule has 3 saturated carbocycles. The van der Waals surface area contributed by atoms with Crippen LogP contribution in [-0.2, 0) is 30.3 Å². The number of nitrogens with zero attached hydrogens (tertiary/aromatic N) is 1. The molecule has 0 amide bonds. The van der Waals surface area contributed by atoms with Gasteiger partial charge in [-0.2, -0.15) is 0 Å². The topological polar surface area (TPSA) is 65.1 Å². The van der Waals surface area contributed by atoms with Crippen molar-refractivity contribution in [3.63, 3.8) is 0 Å². The zero-order valence-corrected chi connectivity index (χ0v) is 27.1. The molecule has 0 radical (unpaired) electrons. The average Bonchev–Trinajstić information content (AvgIpc) is 3.22. The molecule has 3 aliphatic rings. The first-order chi connectivity index (χ1) is 19.1. The van der Waals surface area contributed by atoms with E-state index in [4.69, 9.17) is 14.2 Å². The van der Waals surface area contributed by atoms with Gasteiger partial charge in [-0.3, -0.25) is 14.5 Å². The molecule has 0 N–H and O–H groups in total. The van der Waals surface area contributed by atoms with E-state index in [-0.39, 0.29) is 47.3 Å². The first-order valence-corrected chi connectivity index (χ1v) is 15.8. The van der Waals surface area contributed by atoms with E-state index < -0.39 is 17.1 Å². The quantitative estimate of drug-likeness (QED) is 0.293. The van der Waals surface area contributed by atoms with E-state index in [1.54, 1.807) is 0 Å². The molecule has 0 heterocycles. The molecular weight excluding hydrogens is 514 g/mol. The van der Waals surface area contributed by atoms with E-state index in [9.17, 15) is 9.59 Å². The Balaban J connectivity index is 1.72. The third kappa shape index (κ3) is 7.01. The van der Waals surface area contributed by atoms with Gasteiger partial charge in [0.05, 0.1) is 12.0 Å². The van der Waals surface area contributed by atoms with Crippen LogP contribution in [0.4, 0.5) is 0 Å². The third-order valence-corrected chi connectivity index (χ3v) is 10.3. The molecule has 4 rings (SSSR count). The van der Waals surface area contributed by atoms with Crippen molar-refractivity contribution in [2.45, 2.75) is 130 Å². The van der Waals surface area contributed by atoms with Gasteiger partial charge in [0.1, 0.15) is 11.2 Å². The Hall–Kier alpha value is -1.92. The Morgan fingerprint density at radius 2 is 1.61 bits per heavy atom. The number of benzene rings is 1. The fourth-order valence-electron chi connectivity index (χ4n) is 8.39. The first kappa shape index (κ1) is 32.0. The second-order valence-corrected chi connectivity index (χ2v) is 15.6. The molecule has 0 aliphatic heterocycles. The molecular formula is C35H55NO5. The summed E-state index contributed by atoms with van der Waals surface area (Å²) in [5.74, 6) is -0.304. The van der Waals surface area contributed by atoms with Gasteiger partial charge in [-0.15, -0.1) is 0 Å². The number of esters is 2. The molecule has 2 bridgehead atoms. The van der Waals surface area contributed by atoms with Crippen LogP contribution in [0.15, 0.2) is 30.3 Å². The van der Waals surface area contributed by atoms with E-state index in [1.807, 2.05) is 48.7 Å². The minimum absolute atomic E-state index is 0.0117. The number of rotatable bonds is 9. The Labute approximate surface area is 248 Å². The Kier molecular flexibility index (Phi) is 9.36. The first-order valence-electron chi connectivity index (χ1n) is 15.8. The molecule has 6 nitrogen and oxygen atoms in total. The van der Waals surface area contributed by atoms with Crippen LogP contribution in [0.1, 0.15) is 106 Å². The highest BCUT2D eigenvalue weighted by molar-refractivity contribution is 5.76. The standard InChI is InChI=1S/C35H55NO5/c1-32(2,3)40-29(37)20-25-16-13-17-27(30(25)31(38)41-33(4,5)6)36(22-24-14-11-10-12-15-24)23-35-19-18-26(34(35,7)8)21-28(35)39-9/h10-12,14-15,25-28,30H,13,16-23H2,1-9H3/t25-,26-,27-,28-,30-,35-/m1/s1. The van der Waals surface area contributed by atoms with Gasteiger partial charge in [-0.25, -0.2) is 0 Å². The predicted octanol–water partition coefficient (Wildman–Crippen LogP) is 7.19. The summed E-state index contributed by atoms with van der Waals surface area (Å²) in [6.07, 6.45) is 6.59. The monoisotopic (exact) mass is 569 g/mol. The van der Waals surface area contributed by atoms with Crippen LogP contribution in [-0.4, -0.2) is 53.8 Å². The zero-order valence-electron chi connectivity index (χ0n) is 27.1. The van der Waals surface area contributed by atoms with E-state index in [1.165, 1.54) is 12.0 Å². The van der Waals surface area contributed by atoms with Crippen molar-refractivity contribution >= 4 is 11.9 Å². The van der Waals surface area contributed by atoms with Gasteiger partial charge in [-0.1, -0.05) is 50.6 Å². The molecule has 1 aromatic rings. The summed E-state index contributed by atoms with van der Waals surface area (Å²) in [6.45, 7) is 17.9. The summed E-state index contributed by atoms with van der Waals surface area (Å²) in [5, 5.41) is 0. The molecule has 1 aromatic carbocycles. The largest absolute Gasteiger partial charge is 0.460 e. The minimum Gasteiger partial charge on any atom is -0.460 e. The molecule has 3 fully saturated rings. The van der Waals surface area contributed by atoms with Crippen LogP contribution >= 0.6 is 0 Å². The van der Waals surface area contributed by atoms with E-state index in [2.05, 4.69) is 49.1 Å². The predicted molar refractivity (Wildman–Crippen MR) is 162 cm³/mol. The minimum atomic E-state index is -0.605. The number of fused-ring (bicyclic) bond motifs is 2. The fraction of sp³-hybridized carbons (Fsp3) is 0.771. The molecule has 0 unspecified atom stereocenters. The molecule has 230 valence electrons. The highest BCUT2D eigenvalue weighted by Crippen LogP contribution is 2.67. The number of carbonyl (C=O) groups excluding carboxylic acids is 2. The van der Waals surface area contributed by atoms with Crippen molar-refractivity contribution in [2.75, 3.05) is 13.7 Å². The second-order valence-electron chi connectivity index (χ2n) is 15.6. The maximum Gasteiger partial charge on any atom is 0.311 e. The lowest BCUT2D eigenvalue weighted by Gasteiger charge is -2.50. The lowest BCUT2D eigenvalue weighted by atomic mass is 9.66. The SMILES string of the molecule is CO[C@@H]1C[C@H]2CC[C@]1(CN(Cc1ccccc1)[C@@H]1CCC[C@H](CC(=O)OC(C)(C)C)[C@H]1C(=O)OC(C)(C)C)C2(C)C. The van der Waals surface area contributed by atoms with Gasteiger partial charge in [0.2, 0.25) is 0 Å². The van der Waals surface area contributed by atoms with E-state index >= 15 is 0 Å². The molecule has 3 aliphatic carbocycles. The Morgan fingerprint density at radius 3 is 2.20 bits per heavy atom. The van der Waals surface area contributed by atoms with Crippen molar-refractivity contribution in [1.82, 2.24) is 4.90 Å². The number of methoxy groups -OCH3 is 1. The molecule has 6 heteroatoms. The average molecular weight is 570 g/mol. The number of hydrogen-bond acceptors (Lipinski definition) is 6. The van der Waals surface area contributed by atoms with Crippen LogP contribution in [0.3, 0.4) is 0 Å². The number of hydrogen-bond donors (Lipinski definition) is 0. The van der Waals surface area contributed by atoms with Gasteiger partial charge in [-0.05, 0) is 96.5 Å². The van der Waals surface area contributed by atoms with E-state index in [0.29, 0.717) is 5.92 Å². The fourth-order valence-corrected chi connectivity index (χ4v) is 8.39. The smallest absolute Gasteiger partial charge is 0.311 e. The van der Waals surface area contributed by atoms with Crippen LogP contribution < -0.4 is 0 Å². The number of carbonyl (C=O) groups is 2. The van der Waals surface area contributed by atoms with Gasteiger partial charge >= 0.3 is 11.9 Å². The Morgan fingerprint density at radius 1 is 0.951 bits per heavy atom. The molecule has 0 aromatic heterocycles. The van der Waals surface area contributed by atoms with Crippen LogP contribution in [0.25, 0.3) is 0 Å². The van der Waals surface area contributed by atoms with Gasteiger partial charge in [0.15, 0.2) is 0 Å². The van der Waals surface area contributed by atoms with Crippen molar-refractivity contribution in [2.24, 2.45) is 28.6 Å². The molecule has 41 heavy (non-hydrogen) atoms. The second kappa shape index (κ2) is 12.0. The maximum absolute atomic E-state index is 14.1. The molecule has 0 spiro atoms. The highest BCUT2D eigenvalue weighted by Gasteiger charge is 2.65. The third-order valence-electron chi connectivity index (χ3n) is 10.3. The van der Waals surface area contributed by atoms with Gasteiger partial charge < -0.3 is 14.2 Å². The maximum atomic E-state index is 14.1. The molecule has 0 saturated heterocycles. The highest BCUT2D eigenvalue weighted by atomic mass is 16.6. The normalized spacial score (nSPS) is 31.3. The Bertz CT molecular complexity index is 1050. The van der Waals surface area contributed by atoms with Gasteiger partial charge in [0.25, 0.3) is 0 Å². The van der Waals surface area contributed by atoms with Crippen molar-refractivity contribution < 1.29 is 23.8 Å². The summed E-state index contributed by atoms with van der Waals surface area (Å²) in [5.41, 5.74) is 0.228. The zero-order chi connectivity index (χ0) is 30.2. The van der Waals surface area contributed by atoms with Crippen LogP contribution in [0, 0.1) is 28.6 Å². The summed E-state index contributed by atoms with van der Waals surface area (Å²) < 4.78 is 18.0. The summed E-state index contributed by atoms with van der Waals surface area (Å²) in [4.78, 5) is 29.7. The lowest BCUT2D eigenvalue weighted by Crippen LogP contribution is -2.56. The van der Waals surface area contributed by atoms with Crippen molar-refractivity contribution in [3.05, 3.63) is 35.9 Å². The van der Waals surface area contributed by atoms with Crippen LogP contribution in [0.5, 0.6) is 0 Å².